The molecule has 1 atom stereocenters. The van der Waals surface area contributed by atoms with Crippen LogP contribution < -0.4 is 10.5 Å². The second-order valence-electron chi connectivity index (χ2n) is 4.58. The van der Waals surface area contributed by atoms with E-state index in [9.17, 15) is 0 Å². The lowest BCUT2D eigenvalue weighted by atomic mass is 10.0. The molecule has 0 spiro atoms. The van der Waals surface area contributed by atoms with E-state index in [1.165, 1.54) is 7.11 Å². The summed E-state index contributed by atoms with van der Waals surface area (Å²) in [5, 5.41) is 11.7. The Hall–Kier alpha value is -2.02. The molecule has 19 heavy (non-hydrogen) atoms. The fourth-order valence-corrected chi connectivity index (χ4v) is 1.43. The van der Waals surface area contributed by atoms with E-state index >= 15 is 0 Å². The predicted molar refractivity (Wildman–Crippen MR) is 68.4 cm³/mol. The zero-order valence-corrected chi connectivity index (χ0v) is 11.2. The van der Waals surface area contributed by atoms with Crippen molar-refractivity contribution >= 4 is 0 Å². The molecule has 0 fully saturated rings. The van der Waals surface area contributed by atoms with E-state index in [1.807, 2.05) is 0 Å². The van der Waals surface area contributed by atoms with Crippen LogP contribution in [0.2, 0.25) is 0 Å². The lowest BCUT2D eigenvalue weighted by molar-refractivity contribution is 0.353. The van der Waals surface area contributed by atoms with Gasteiger partial charge in [-0.05, 0) is 12.0 Å². The maximum atomic E-state index is 5.96. The highest BCUT2D eigenvalue weighted by Crippen LogP contribution is 2.15. The van der Waals surface area contributed by atoms with E-state index in [-0.39, 0.29) is 6.04 Å². The standard InChI is InChI=1S/C12H17N5O2/c1-7(2)8(13)6-11-14-12(17-19-11)9-4-5-10(18-3)16-15-9/h4-5,7-8H,6,13H2,1-3H3. The van der Waals surface area contributed by atoms with Gasteiger partial charge in [-0.2, -0.15) is 4.98 Å². The van der Waals surface area contributed by atoms with Crippen LogP contribution in [0.4, 0.5) is 0 Å². The molecule has 0 aliphatic carbocycles. The van der Waals surface area contributed by atoms with Crippen LogP contribution in [0, 0.1) is 5.92 Å². The number of nitrogens with zero attached hydrogens (tertiary/aromatic N) is 4. The topological polar surface area (TPSA) is 100.0 Å². The van der Waals surface area contributed by atoms with E-state index in [0.717, 1.165) is 0 Å². The SMILES string of the molecule is COc1ccc(-c2noc(CC(N)C(C)C)n2)nn1. The minimum absolute atomic E-state index is 0.00440. The monoisotopic (exact) mass is 263 g/mol. The molecule has 102 valence electrons. The Labute approximate surface area is 111 Å². The molecule has 2 aromatic rings. The molecule has 1 unspecified atom stereocenters. The zero-order chi connectivity index (χ0) is 13.8. The second kappa shape index (κ2) is 5.75. The molecule has 0 amide bonds. The van der Waals surface area contributed by atoms with Gasteiger partial charge in [0.15, 0.2) is 0 Å². The second-order valence-corrected chi connectivity index (χ2v) is 4.58. The highest BCUT2D eigenvalue weighted by Gasteiger charge is 2.15. The van der Waals surface area contributed by atoms with Gasteiger partial charge in [0, 0.05) is 18.5 Å². The summed E-state index contributed by atoms with van der Waals surface area (Å²) in [7, 11) is 1.53. The lowest BCUT2D eigenvalue weighted by Crippen LogP contribution is -2.28. The lowest BCUT2D eigenvalue weighted by Gasteiger charge is -2.11. The zero-order valence-electron chi connectivity index (χ0n) is 11.2. The Morgan fingerprint density at radius 3 is 2.68 bits per heavy atom. The van der Waals surface area contributed by atoms with Crippen LogP contribution >= 0.6 is 0 Å². The van der Waals surface area contributed by atoms with Crippen molar-refractivity contribution in [2.75, 3.05) is 7.11 Å². The third kappa shape index (κ3) is 3.25. The summed E-state index contributed by atoms with van der Waals surface area (Å²) in [6, 6.07) is 3.41. The van der Waals surface area contributed by atoms with Gasteiger partial charge in [-0.25, -0.2) is 0 Å². The summed E-state index contributed by atoms with van der Waals surface area (Å²) in [6.07, 6.45) is 0.550. The third-order valence-electron chi connectivity index (χ3n) is 2.81. The van der Waals surface area contributed by atoms with E-state index in [0.29, 0.717) is 35.6 Å². The Balaban J connectivity index is 2.11. The van der Waals surface area contributed by atoms with Crippen molar-refractivity contribution in [3.63, 3.8) is 0 Å². The van der Waals surface area contributed by atoms with Crippen molar-refractivity contribution < 1.29 is 9.26 Å². The fraction of sp³-hybridized carbons (Fsp3) is 0.500. The number of nitrogens with two attached hydrogens (primary N) is 1. The summed E-state index contributed by atoms with van der Waals surface area (Å²) in [5.41, 5.74) is 6.50. The number of aromatic nitrogens is 4. The van der Waals surface area contributed by atoms with Crippen molar-refractivity contribution in [1.29, 1.82) is 0 Å². The molecular weight excluding hydrogens is 246 g/mol. The number of hydrogen-bond acceptors (Lipinski definition) is 7. The van der Waals surface area contributed by atoms with E-state index in [4.69, 9.17) is 15.0 Å². The minimum atomic E-state index is -0.00440. The third-order valence-corrected chi connectivity index (χ3v) is 2.81. The van der Waals surface area contributed by atoms with Crippen molar-refractivity contribution in [3.8, 4) is 17.4 Å². The van der Waals surface area contributed by atoms with Gasteiger partial charge >= 0.3 is 0 Å². The predicted octanol–water partition coefficient (Wildman–Crippen LogP) is 1.06. The summed E-state index contributed by atoms with van der Waals surface area (Å²) in [4.78, 5) is 4.26. The van der Waals surface area contributed by atoms with Gasteiger partial charge < -0.3 is 15.0 Å². The largest absolute Gasteiger partial charge is 0.480 e. The Bertz CT molecular complexity index is 523. The van der Waals surface area contributed by atoms with Crippen molar-refractivity contribution in [2.24, 2.45) is 11.7 Å². The maximum Gasteiger partial charge on any atom is 0.233 e. The molecule has 0 aliphatic rings. The Morgan fingerprint density at radius 2 is 2.11 bits per heavy atom. The number of hydrogen-bond donors (Lipinski definition) is 1. The molecule has 7 heteroatoms. The minimum Gasteiger partial charge on any atom is -0.480 e. The van der Waals surface area contributed by atoms with Crippen molar-refractivity contribution in [1.82, 2.24) is 20.3 Å². The van der Waals surface area contributed by atoms with Crippen molar-refractivity contribution in [2.45, 2.75) is 26.3 Å². The van der Waals surface area contributed by atoms with E-state index in [1.54, 1.807) is 12.1 Å². The summed E-state index contributed by atoms with van der Waals surface area (Å²) < 4.78 is 10.1. The van der Waals surface area contributed by atoms with Gasteiger partial charge in [-0.1, -0.05) is 19.0 Å². The molecule has 0 aromatic carbocycles. The van der Waals surface area contributed by atoms with Crippen LogP contribution in [-0.2, 0) is 6.42 Å². The highest BCUT2D eigenvalue weighted by atomic mass is 16.5. The average molecular weight is 263 g/mol. The summed E-state index contributed by atoms with van der Waals surface area (Å²) in [6.45, 7) is 4.10. The van der Waals surface area contributed by atoms with E-state index in [2.05, 4.69) is 34.2 Å². The van der Waals surface area contributed by atoms with Gasteiger partial charge in [0.25, 0.3) is 0 Å². The first-order chi connectivity index (χ1) is 9.10. The van der Waals surface area contributed by atoms with Crippen LogP contribution in [0.1, 0.15) is 19.7 Å². The molecule has 7 nitrogen and oxygen atoms in total. The van der Waals surface area contributed by atoms with E-state index < -0.39 is 0 Å². The smallest absolute Gasteiger partial charge is 0.233 e. The molecule has 2 heterocycles. The number of methoxy groups -OCH3 is 1. The van der Waals surface area contributed by atoms with Gasteiger partial charge in [-0.15, -0.1) is 10.2 Å². The maximum absolute atomic E-state index is 5.96. The van der Waals surface area contributed by atoms with Crippen LogP contribution in [-0.4, -0.2) is 33.5 Å². The normalized spacial score (nSPS) is 12.7. The number of ether oxygens (including phenoxy) is 1. The van der Waals surface area contributed by atoms with Gasteiger partial charge in [-0.3, -0.25) is 0 Å². The molecule has 0 bridgehead atoms. The van der Waals surface area contributed by atoms with Gasteiger partial charge in [0.2, 0.25) is 17.6 Å². The van der Waals surface area contributed by atoms with Crippen LogP contribution in [0.5, 0.6) is 5.88 Å². The summed E-state index contributed by atoms with van der Waals surface area (Å²) in [5.74, 6) is 1.71. The molecule has 2 rings (SSSR count). The Kier molecular flexibility index (Phi) is 4.06. The van der Waals surface area contributed by atoms with Crippen molar-refractivity contribution in [3.05, 3.63) is 18.0 Å². The first-order valence-corrected chi connectivity index (χ1v) is 6.06. The molecule has 0 radical (unpaired) electrons. The van der Waals surface area contributed by atoms with Gasteiger partial charge in [0.1, 0.15) is 5.69 Å². The molecular formula is C12H17N5O2. The average Bonchev–Trinajstić information content (AvgIpc) is 2.87. The molecule has 2 N–H and O–H groups in total. The fourth-order valence-electron chi connectivity index (χ4n) is 1.43. The number of rotatable bonds is 5. The first kappa shape index (κ1) is 13.4. The Morgan fingerprint density at radius 1 is 1.32 bits per heavy atom. The molecule has 0 aliphatic heterocycles. The van der Waals surface area contributed by atoms with Crippen LogP contribution in [0.15, 0.2) is 16.7 Å². The first-order valence-electron chi connectivity index (χ1n) is 6.06. The molecule has 0 saturated carbocycles. The quantitative estimate of drug-likeness (QED) is 0.860. The molecule has 0 saturated heterocycles. The van der Waals surface area contributed by atoms with Crippen LogP contribution in [0.3, 0.4) is 0 Å². The summed E-state index contributed by atoms with van der Waals surface area (Å²) >= 11 is 0. The van der Waals surface area contributed by atoms with Gasteiger partial charge in [0.05, 0.1) is 7.11 Å². The van der Waals surface area contributed by atoms with Crippen LogP contribution in [0.25, 0.3) is 11.5 Å². The highest BCUT2D eigenvalue weighted by molar-refractivity contribution is 5.47. The molecule has 2 aromatic heterocycles.